The van der Waals surface area contributed by atoms with E-state index in [9.17, 15) is 0 Å². The highest BCUT2D eigenvalue weighted by atomic mass is 28.5. The molecule has 0 aromatic heterocycles. The van der Waals surface area contributed by atoms with Crippen LogP contribution >= 0.6 is 0 Å². The largest absolute Gasteiger partial charge is 0.433 e. The Hall–Kier alpha value is -1.16. The van der Waals surface area contributed by atoms with Gasteiger partial charge >= 0.3 is 25.7 Å². The van der Waals surface area contributed by atoms with Crippen LogP contribution < -0.4 is 33.3 Å². The van der Waals surface area contributed by atoms with E-state index >= 15 is 0 Å². The van der Waals surface area contributed by atoms with Crippen LogP contribution in [0.2, 0.25) is 64.5 Å². The van der Waals surface area contributed by atoms with E-state index in [4.69, 9.17) is 44.1 Å². The van der Waals surface area contributed by atoms with Gasteiger partial charge in [0.1, 0.15) is 0 Å². The topological polar surface area (TPSA) is 150 Å². The Kier molecular flexibility index (Phi) is 17.0. The maximum atomic E-state index is 6.66. The highest BCUT2D eigenvalue weighted by molar-refractivity contribution is 6.95. The lowest BCUT2D eigenvalue weighted by molar-refractivity contribution is 0.238. The fourth-order valence-corrected chi connectivity index (χ4v) is 25.7. The second-order valence-electron chi connectivity index (χ2n) is 13.1. The zero-order valence-corrected chi connectivity index (χ0v) is 34.1. The van der Waals surface area contributed by atoms with E-state index in [2.05, 4.69) is 76.6 Å². The molecule has 0 fully saturated rings. The molecular weight excluding hydrogens is 637 g/mol. The molecule has 0 saturated heterocycles. The summed E-state index contributed by atoms with van der Waals surface area (Å²) in [5.41, 5.74) is 24.3. The fraction of sp³-hybridized carbons (Fsp3) is 0.600. The number of unbranched alkanes of at least 4 members (excludes halogenated alkanes) is 2. The summed E-state index contributed by atoms with van der Waals surface area (Å²) in [5, 5.41) is 2.47. The van der Waals surface area contributed by atoms with Gasteiger partial charge in [-0.1, -0.05) is 37.1 Å². The van der Waals surface area contributed by atoms with E-state index in [1.54, 1.807) is 14.2 Å². The Morgan fingerprint density at radius 3 is 1.09 bits per heavy atom. The molecule has 0 saturated carbocycles. The van der Waals surface area contributed by atoms with Crippen LogP contribution in [0.1, 0.15) is 25.7 Å². The lowest BCUT2D eigenvalue weighted by atomic mass is 10.3. The predicted molar refractivity (Wildman–Crippen MR) is 200 cm³/mol. The molecule has 0 aliphatic heterocycles. The smallest absolute Gasteiger partial charge is 0.325 e. The minimum Gasteiger partial charge on any atom is -0.433 e. The van der Waals surface area contributed by atoms with Crippen molar-refractivity contribution in [2.24, 2.45) is 11.5 Å². The van der Waals surface area contributed by atoms with Gasteiger partial charge in [-0.05, 0) is 125 Å². The Morgan fingerprint density at radius 2 is 0.818 bits per heavy atom. The van der Waals surface area contributed by atoms with E-state index in [1.165, 1.54) is 10.4 Å². The molecule has 2 atom stereocenters. The van der Waals surface area contributed by atoms with Crippen molar-refractivity contribution in [3.63, 3.8) is 0 Å². The second-order valence-corrected chi connectivity index (χ2v) is 31.9. The van der Waals surface area contributed by atoms with Gasteiger partial charge in [0, 0.05) is 25.6 Å². The van der Waals surface area contributed by atoms with Crippen LogP contribution in [0.3, 0.4) is 0 Å². The van der Waals surface area contributed by atoms with Crippen molar-refractivity contribution in [2.45, 2.75) is 90.1 Å². The molecule has 0 radical (unpaired) electrons. The SMILES string of the molecule is CO[Si](C)(CCCCN)O[Si](C)(CCCCN)OC.C[Si](C)(O[Si](C)(C)c1ccc(N)cc1)O[Si](C)(C)c1ccc(N)cc1. The summed E-state index contributed by atoms with van der Waals surface area (Å²) < 4.78 is 31.1. The first-order valence-electron chi connectivity index (χ1n) is 15.7. The van der Waals surface area contributed by atoms with Crippen LogP contribution in [0.25, 0.3) is 0 Å². The van der Waals surface area contributed by atoms with Crippen molar-refractivity contribution in [1.82, 2.24) is 0 Å². The van der Waals surface area contributed by atoms with Crippen molar-refractivity contribution >= 4 is 64.1 Å². The molecule has 0 aliphatic carbocycles. The van der Waals surface area contributed by atoms with E-state index < -0.39 is 42.3 Å². The zero-order chi connectivity index (χ0) is 33.7. The molecule has 252 valence electrons. The molecule has 14 heteroatoms. The number of benzene rings is 2. The zero-order valence-electron chi connectivity index (χ0n) is 29.1. The van der Waals surface area contributed by atoms with Gasteiger partial charge in [-0.3, -0.25) is 0 Å². The van der Waals surface area contributed by atoms with Gasteiger partial charge in [-0.2, -0.15) is 0 Å². The predicted octanol–water partition coefficient (Wildman–Crippen LogP) is 5.03. The summed E-state index contributed by atoms with van der Waals surface area (Å²) >= 11 is 0. The molecule has 2 aromatic rings. The van der Waals surface area contributed by atoms with E-state index in [-0.39, 0.29) is 0 Å². The van der Waals surface area contributed by atoms with Crippen molar-refractivity contribution in [2.75, 3.05) is 38.8 Å². The number of hydrogen-bond donors (Lipinski definition) is 4. The first-order valence-corrected chi connectivity index (χ1v) is 29.4. The highest BCUT2D eigenvalue weighted by Gasteiger charge is 2.42. The van der Waals surface area contributed by atoms with Crippen LogP contribution in [0.5, 0.6) is 0 Å². The van der Waals surface area contributed by atoms with E-state index in [1.807, 2.05) is 24.3 Å². The summed E-state index contributed by atoms with van der Waals surface area (Å²) in [6.45, 7) is 18.8. The lowest BCUT2D eigenvalue weighted by Gasteiger charge is -2.39. The quantitative estimate of drug-likeness (QED) is 0.0955. The molecule has 2 rings (SSSR count). The summed E-state index contributed by atoms with van der Waals surface area (Å²) in [5.74, 6) is 0. The normalized spacial score (nSPS) is 15.2. The monoisotopic (exact) mass is 698 g/mol. The van der Waals surface area contributed by atoms with Gasteiger partial charge in [0.05, 0.1) is 0 Å². The van der Waals surface area contributed by atoms with Crippen LogP contribution in [0, 0.1) is 0 Å². The van der Waals surface area contributed by atoms with Gasteiger partial charge in [-0.25, -0.2) is 0 Å². The first-order chi connectivity index (χ1) is 20.4. The Morgan fingerprint density at radius 1 is 0.500 bits per heavy atom. The molecule has 2 unspecified atom stereocenters. The molecule has 9 nitrogen and oxygen atoms in total. The highest BCUT2D eigenvalue weighted by Crippen LogP contribution is 2.26. The average molecular weight is 699 g/mol. The minimum absolute atomic E-state index is 0.726. The van der Waals surface area contributed by atoms with Crippen LogP contribution in [0.4, 0.5) is 11.4 Å². The lowest BCUT2D eigenvalue weighted by Crippen LogP contribution is -2.59. The standard InChI is InChI=1S/C18H30N2O2Si3.C12H32N2O3Si2/c1-23(2,17-11-7-15(19)8-12-17)21-25(5,6)22-24(3,4)18-13-9-16(20)10-14-18;1-15-18(3,11-7-5-9-13)17-19(4,16-2)12-8-6-10-14/h7-14H,19-20H2,1-6H3;5-14H2,1-4H3. The third-order valence-corrected chi connectivity index (χ3v) is 26.8. The number of anilines is 2. The van der Waals surface area contributed by atoms with Crippen LogP contribution in [0.15, 0.2) is 48.5 Å². The van der Waals surface area contributed by atoms with E-state index in [0.717, 1.165) is 62.2 Å². The van der Waals surface area contributed by atoms with Gasteiger partial charge in [0.15, 0.2) is 0 Å². The van der Waals surface area contributed by atoms with E-state index in [0.29, 0.717) is 0 Å². The Labute approximate surface area is 273 Å². The summed E-state index contributed by atoms with van der Waals surface area (Å²) in [4.78, 5) is 0. The third kappa shape index (κ3) is 14.5. The molecule has 2 aromatic carbocycles. The molecule has 0 spiro atoms. The number of hydrogen-bond acceptors (Lipinski definition) is 9. The molecule has 8 N–H and O–H groups in total. The Bertz CT molecular complexity index is 1010. The van der Waals surface area contributed by atoms with Crippen LogP contribution in [-0.2, 0) is 21.2 Å². The molecular formula is C30H62N4O5Si5. The Balaban J connectivity index is 0.000000459. The molecule has 0 bridgehead atoms. The van der Waals surface area contributed by atoms with Crippen molar-refractivity contribution in [3.05, 3.63) is 48.5 Å². The number of nitrogen functional groups attached to an aromatic ring is 2. The summed E-state index contributed by atoms with van der Waals surface area (Å²) in [6, 6.07) is 18.0. The summed E-state index contributed by atoms with van der Waals surface area (Å²) in [6.07, 6.45) is 4.16. The number of nitrogens with two attached hydrogens (primary N) is 4. The molecule has 0 heterocycles. The average Bonchev–Trinajstić information content (AvgIpc) is 2.93. The molecule has 44 heavy (non-hydrogen) atoms. The second kappa shape index (κ2) is 18.3. The minimum atomic E-state index is -2.31. The molecule has 0 amide bonds. The maximum absolute atomic E-state index is 6.66. The van der Waals surface area contributed by atoms with Crippen molar-refractivity contribution < 1.29 is 21.2 Å². The summed E-state index contributed by atoms with van der Waals surface area (Å²) in [7, 11) is -7.19. The first kappa shape index (κ1) is 40.9. The number of rotatable bonds is 18. The van der Waals surface area contributed by atoms with Crippen LogP contribution in [-0.4, -0.2) is 69.6 Å². The van der Waals surface area contributed by atoms with Gasteiger partial charge in [0.25, 0.3) is 0 Å². The van der Waals surface area contributed by atoms with Crippen molar-refractivity contribution in [3.8, 4) is 0 Å². The maximum Gasteiger partial charge on any atom is 0.325 e. The fourth-order valence-electron chi connectivity index (χ4n) is 5.16. The van der Waals surface area contributed by atoms with Gasteiger partial charge in [-0.15, -0.1) is 0 Å². The molecule has 0 aliphatic rings. The van der Waals surface area contributed by atoms with Crippen molar-refractivity contribution in [1.29, 1.82) is 0 Å². The van der Waals surface area contributed by atoms with Gasteiger partial charge in [0.2, 0.25) is 16.6 Å². The van der Waals surface area contributed by atoms with Gasteiger partial charge < -0.3 is 44.1 Å². The third-order valence-electron chi connectivity index (χ3n) is 7.68.